The van der Waals surface area contributed by atoms with E-state index in [1.807, 2.05) is 12.1 Å². The number of hydrogen-bond donors (Lipinski definition) is 1. The van der Waals surface area contributed by atoms with Crippen LogP contribution in [0.15, 0.2) is 145 Å². The van der Waals surface area contributed by atoms with Crippen LogP contribution >= 0.6 is 0 Å². The van der Waals surface area contributed by atoms with Crippen molar-refractivity contribution in [2.24, 2.45) is 4.99 Å². The Hall–Kier alpha value is -4.95. The highest BCUT2D eigenvalue weighted by Gasteiger charge is 2.07. The normalized spacial score (nSPS) is 11.9. The van der Waals surface area contributed by atoms with Gasteiger partial charge in [-0.1, -0.05) is 127 Å². The minimum Gasteiger partial charge on any atom is -0.399 e. The third-order valence-electron chi connectivity index (χ3n) is 6.94. The van der Waals surface area contributed by atoms with Crippen LogP contribution in [0.2, 0.25) is 0 Å². The van der Waals surface area contributed by atoms with Gasteiger partial charge < -0.3 is 5.73 Å². The van der Waals surface area contributed by atoms with Crippen LogP contribution in [-0.2, 0) is 6.54 Å². The number of nitrogens with zero attached hydrogens (tertiary/aromatic N) is 1. The Morgan fingerprint density at radius 2 is 1.16 bits per heavy atom. The van der Waals surface area contributed by atoms with Crippen molar-refractivity contribution in [3.8, 4) is 11.1 Å². The lowest BCUT2D eigenvalue weighted by Crippen LogP contribution is -2.00. The van der Waals surface area contributed by atoms with E-state index in [-0.39, 0.29) is 0 Å². The first-order valence-electron chi connectivity index (χ1n) is 12.9. The van der Waals surface area contributed by atoms with Crippen LogP contribution in [0.5, 0.6) is 0 Å². The average molecular weight is 489 g/mol. The lowest BCUT2D eigenvalue weighted by atomic mass is 9.99. The van der Waals surface area contributed by atoms with Crippen molar-refractivity contribution in [3.05, 3.63) is 156 Å². The standard InChI is InChI=1S/C36H28N2/c37-32-22-19-28(20-23-32)27-17-15-26(16-18-27)25-38-36(35-14-6-11-30-8-2-4-13-34(30)35)24-21-31-10-5-9-29-7-1-3-12-33(29)31/h1-24H,25,37H2/b24-21+,38-36+. The number of hydrogen-bond acceptors (Lipinski definition) is 2. The summed E-state index contributed by atoms with van der Waals surface area (Å²) in [6.07, 6.45) is 4.35. The van der Waals surface area contributed by atoms with Gasteiger partial charge in [-0.15, -0.1) is 0 Å². The molecule has 0 saturated heterocycles. The molecule has 0 radical (unpaired) electrons. The van der Waals surface area contributed by atoms with Crippen LogP contribution in [0.3, 0.4) is 0 Å². The molecular formula is C36H28N2. The van der Waals surface area contributed by atoms with Gasteiger partial charge in [-0.25, -0.2) is 0 Å². The third kappa shape index (κ3) is 4.98. The van der Waals surface area contributed by atoms with Crippen molar-refractivity contribution in [2.45, 2.75) is 6.54 Å². The highest BCUT2D eigenvalue weighted by atomic mass is 14.7. The van der Waals surface area contributed by atoms with E-state index in [2.05, 4.69) is 133 Å². The monoisotopic (exact) mass is 488 g/mol. The van der Waals surface area contributed by atoms with Crippen molar-refractivity contribution in [1.82, 2.24) is 0 Å². The molecule has 6 aromatic rings. The van der Waals surface area contributed by atoms with Crippen LogP contribution < -0.4 is 5.73 Å². The molecule has 2 nitrogen and oxygen atoms in total. The van der Waals surface area contributed by atoms with Gasteiger partial charge in [0.25, 0.3) is 0 Å². The maximum absolute atomic E-state index is 5.85. The molecule has 2 N–H and O–H groups in total. The molecule has 0 saturated carbocycles. The Bertz CT molecular complexity index is 1770. The molecule has 0 fully saturated rings. The molecule has 0 aromatic heterocycles. The Balaban J connectivity index is 1.36. The zero-order valence-corrected chi connectivity index (χ0v) is 21.1. The number of benzene rings is 6. The van der Waals surface area contributed by atoms with E-state index in [0.29, 0.717) is 6.54 Å². The second kappa shape index (κ2) is 10.6. The molecule has 0 aliphatic carbocycles. The molecule has 6 aromatic carbocycles. The van der Waals surface area contributed by atoms with Gasteiger partial charge in [-0.2, -0.15) is 0 Å². The van der Waals surface area contributed by atoms with Gasteiger partial charge in [-0.3, -0.25) is 4.99 Å². The summed E-state index contributed by atoms with van der Waals surface area (Å²) in [6, 6.07) is 46.5. The number of aliphatic imine (C=N–C) groups is 1. The summed E-state index contributed by atoms with van der Waals surface area (Å²) in [5, 5.41) is 4.89. The molecule has 0 aliphatic rings. The molecule has 0 amide bonds. The molecule has 38 heavy (non-hydrogen) atoms. The lowest BCUT2D eigenvalue weighted by molar-refractivity contribution is 1.07. The number of nitrogen functional groups attached to an aromatic ring is 1. The second-order valence-electron chi connectivity index (χ2n) is 9.45. The SMILES string of the molecule is Nc1ccc(-c2ccc(C/N=C(\C=C\c3cccc4ccccc34)c3cccc4ccccc34)cc2)cc1. The number of nitrogens with two attached hydrogens (primary N) is 1. The van der Waals surface area contributed by atoms with E-state index >= 15 is 0 Å². The molecule has 0 spiro atoms. The van der Waals surface area contributed by atoms with Gasteiger partial charge in [0.1, 0.15) is 0 Å². The summed E-state index contributed by atoms with van der Waals surface area (Å²) in [7, 11) is 0. The van der Waals surface area contributed by atoms with E-state index in [1.54, 1.807) is 0 Å². The zero-order valence-electron chi connectivity index (χ0n) is 21.1. The highest BCUT2D eigenvalue weighted by molar-refractivity contribution is 6.18. The van der Waals surface area contributed by atoms with Crippen molar-refractivity contribution in [2.75, 3.05) is 5.73 Å². The summed E-state index contributed by atoms with van der Waals surface area (Å²) in [4.78, 5) is 5.14. The van der Waals surface area contributed by atoms with Gasteiger partial charge in [-0.05, 0) is 62.0 Å². The number of allylic oxidation sites excluding steroid dienone is 1. The van der Waals surface area contributed by atoms with Crippen molar-refractivity contribution in [3.63, 3.8) is 0 Å². The molecule has 2 heteroatoms. The van der Waals surface area contributed by atoms with Gasteiger partial charge in [0, 0.05) is 11.3 Å². The molecule has 6 rings (SSSR count). The van der Waals surface area contributed by atoms with E-state index in [9.17, 15) is 0 Å². The molecule has 0 aliphatic heterocycles. The van der Waals surface area contributed by atoms with Gasteiger partial charge in [0.2, 0.25) is 0 Å². The van der Waals surface area contributed by atoms with Crippen molar-refractivity contribution >= 4 is 39.0 Å². The zero-order chi connectivity index (χ0) is 25.7. The lowest BCUT2D eigenvalue weighted by Gasteiger charge is -2.09. The fraction of sp³-hybridized carbons (Fsp3) is 0.0278. The smallest absolute Gasteiger partial charge is 0.0657 e. The van der Waals surface area contributed by atoms with Gasteiger partial charge in [0.05, 0.1) is 12.3 Å². The molecule has 0 atom stereocenters. The maximum Gasteiger partial charge on any atom is 0.0657 e. The minimum absolute atomic E-state index is 0.598. The molecule has 0 bridgehead atoms. The summed E-state index contributed by atoms with van der Waals surface area (Å²) in [6.45, 7) is 0.598. The fourth-order valence-corrected chi connectivity index (χ4v) is 4.90. The largest absolute Gasteiger partial charge is 0.399 e. The quantitative estimate of drug-likeness (QED) is 0.184. The van der Waals surface area contributed by atoms with Crippen LogP contribution in [0, 0.1) is 0 Å². The molecule has 0 heterocycles. The summed E-state index contributed by atoms with van der Waals surface area (Å²) in [5.74, 6) is 0. The van der Waals surface area contributed by atoms with Crippen LogP contribution in [-0.4, -0.2) is 5.71 Å². The Kier molecular flexibility index (Phi) is 6.53. The summed E-state index contributed by atoms with van der Waals surface area (Å²) >= 11 is 0. The van der Waals surface area contributed by atoms with Gasteiger partial charge >= 0.3 is 0 Å². The van der Waals surface area contributed by atoms with E-state index < -0.39 is 0 Å². The molecule has 182 valence electrons. The maximum atomic E-state index is 5.85. The van der Waals surface area contributed by atoms with Crippen LogP contribution in [0.4, 0.5) is 5.69 Å². The minimum atomic E-state index is 0.598. The topological polar surface area (TPSA) is 38.4 Å². The number of fused-ring (bicyclic) bond motifs is 2. The van der Waals surface area contributed by atoms with Crippen molar-refractivity contribution < 1.29 is 0 Å². The fourth-order valence-electron chi connectivity index (χ4n) is 4.90. The summed E-state index contributed by atoms with van der Waals surface area (Å²) < 4.78 is 0. The first-order chi connectivity index (χ1) is 18.7. The summed E-state index contributed by atoms with van der Waals surface area (Å²) in [5.41, 5.74) is 13.4. The number of rotatable bonds is 6. The van der Waals surface area contributed by atoms with Crippen LogP contribution in [0.1, 0.15) is 16.7 Å². The first-order valence-corrected chi connectivity index (χ1v) is 12.9. The molecular weight excluding hydrogens is 460 g/mol. The Morgan fingerprint density at radius 1 is 0.579 bits per heavy atom. The second-order valence-corrected chi connectivity index (χ2v) is 9.45. The van der Waals surface area contributed by atoms with Gasteiger partial charge in [0.15, 0.2) is 0 Å². The van der Waals surface area contributed by atoms with E-state index in [0.717, 1.165) is 22.5 Å². The number of anilines is 1. The Morgan fingerprint density at radius 3 is 1.89 bits per heavy atom. The Labute approximate surface area is 223 Å². The molecule has 0 unspecified atom stereocenters. The van der Waals surface area contributed by atoms with E-state index in [4.69, 9.17) is 10.7 Å². The van der Waals surface area contributed by atoms with E-state index in [1.165, 1.54) is 38.2 Å². The third-order valence-corrected chi connectivity index (χ3v) is 6.94. The van der Waals surface area contributed by atoms with Crippen molar-refractivity contribution in [1.29, 1.82) is 0 Å². The van der Waals surface area contributed by atoms with Crippen LogP contribution in [0.25, 0.3) is 38.7 Å². The highest BCUT2D eigenvalue weighted by Crippen LogP contribution is 2.24. The predicted molar refractivity (Wildman–Crippen MR) is 163 cm³/mol. The average Bonchev–Trinajstić information content (AvgIpc) is 2.98. The first kappa shape index (κ1) is 23.4. The predicted octanol–water partition coefficient (Wildman–Crippen LogP) is 8.94.